The normalized spacial score (nSPS) is 16.8. The average molecular weight is 547 g/mol. The molecule has 5 heteroatoms. The third-order valence-electron chi connectivity index (χ3n) is 7.82. The van der Waals surface area contributed by atoms with E-state index in [2.05, 4.69) is 26.1 Å². The number of rotatable bonds is 15. The molecule has 0 saturated heterocycles. The molecule has 0 bridgehead atoms. The third-order valence-corrected chi connectivity index (χ3v) is 7.82. The Morgan fingerprint density at radius 3 is 2.12 bits per heavy atom. The van der Waals surface area contributed by atoms with Crippen molar-refractivity contribution in [2.75, 3.05) is 13.7 Å². The summed E-state index contributed by atoms with van der Waals surface area (Å²) in [6.07, 6.45) is 14.0. The molecule has 1 fully saturated rings. The molecule has 0 radical (unpaired) electrons. The van der Waals surface area contributed by atoms with Crippen molar-refractivity contribution in [3.8, 4) is 22.6 Å². The van der Waals surface area contributed by atoms with Crippen LogP contribution in [0.3, 0.4) is 0 Å². The maximum atomic E-state index is 12.4. The van der Waals surface area contributed by atoms with Crippen molar-refractivity contribution < 1.29 is 23.8 Å². The van der Waals surface area contributed by atoms with Gasteiger partial charge < -0.3 is 14.2 Å². The summed E-state index contributed by atoms with van der Waals surface area (Å²) in [6, 6.07) is 13.4. The minimum absolute atomic E-state index is 0.128. The molecule has 216 valence electrons. The van der Waals surface area contributed by atoms with E-state index < -0.39 is 11.9 Å². The molecule has 2 aromatic rings. The summed E-state index contributed by atoms with van der Waals surface area (Å²) in [5.74, 6) is 1.31. The van der Waals surface area contributed by atoms with Gasteiger partial charge in [-0.05, 0) is 85.4 Å². The molecule has 0 atom stereocenters. The summed E-state index contributed by atoms with van der Waals surface area (Å²) in [5, 5.41) is 0. The van der Waals surface area contributed by atoms with Crippen molar-refractivity contribution in [3.05, 3.63) is 72.3 Å². The van der Waals surface area contributed by atoms with E-state index in [0.29, 0.717) is 23.0 Å². The van der Waals surface area contributed by atoms with Gasteiger partial charge in [0, 0.05) is 12.7 Å². The molecule has 0 spiro atoms. The predicted molar refractivity (Wildman–Crippen MR) is 162 cm³/mol. The number of unbranched alkanes of at least 4 members (excludes halogenated alkanes) is 5. The zero-order valence-electron chi connectivity index (χ0n) is 24.6. The van der Waals surface area contributed by atoms with Crippen molar-refractivity contribution in [2.45, 2.75) is 90.4 Å². The van der Waals surface area contributed by atoms with Crippen LogP contribution >= 0.6 is 0 Å². The Morgan fingerprint density at radius 2 is 1.48 bits per heavy atom. The highest BCUT2D eigenvalue weighted by Crippen LogP contribution is 2.42. The summed E-state index contributed by atoms with van der Waals surface area (Å²) in [4.78, 5) is 24.5. The second kappa shape index (κ2) is 16.2. The summed E-state index contributed by atoms with van der Waals surface area (Å²) < 4.78 is 16.1. The van der Waals surface area contributed by atoms with Crippen LogP contribution in [-0.4, -0.2) is 25.7 Å². The number of methoxy groups -OCH3 is 1. The molecule has 0 unspecified atom stereocenters. The van der Waals surface area contributed by atoms with Gasteiger partial charge in [0.2, 0.25) is 0 Å². The van der Waals surface area contributed by atoms with Gasteiger partial charge in [-0.25, -0.2) is 9.59 Å². The molecule has 1 aliphatic rings. The summed E-state index contributed by atoms with van der Waals surface area (Å²) in [7, 11) is 1.51. The maximum absolute atomic E-state index is 12.4. The Balaban J connectivity index is 1.70. The third kappa shape index (κ3) is 9.48. The monoisotopic (exact) mass is 546 g/mol. The van der Waals surface area contributed by atoms with E-state index in [1.165, 1.54) is 64.9 Å². The van der Waals surface area contributed by atoms with Gasteiger partial charge in [0.15, 0.2) is 0 Å². The van der Waals surface area contributed by atoms with Crippen molar-refractivity contribution in [2.24, 2.45) is 5.92 Å². The molecular formula is C35H46O5. The van der Waals surface area contributed by atoms with Gasteiger partial charge in [0.05, 0.1) is 12.2 Å². The fourth-order valence-corrected chi connectivity index (χ4v) is 5.43. The largest absolute Gasteiger partial charge is 0.423 e. The molecule has 0 amide bonds. The van der Waals surface area contributed by atoms with Crippen molar-refractivity contribution in [3.63, 3.8) is 0 Å². The highest BCUT2D eigenvalue weighted by Gasteiger charge is 2.26. The molecular weight excluding hydrogens is 500 g/mol. The Hall–Kier alpha value is -3.18. The fraction of sp³-hybridized carbons (Fsp3) is 0.486. The van der Waals surface area contributed by atoms with Crippen molar-refractivity contribution in [1.82, 2.24) is 0 Å². The topological polar surface area (TPSA) is 61.8 Å². The van der Waals surface area contributed by atoms with Gasteiger partial charge in [0.25, 0.3) is 0 Å². The smallest absolute Gasteiger partial charge is 0.341 e. The number of carbonyl (C=O) groups excluding carboxylic acids is 2. The molecule has 2 aromatic carbocycles. The Labute approximate surface area is 240 Å². The van der Waals surface area contributed by atoms with Gasteiger partial charge in [-0.3, -0.25) is 0 Å². The fourth-order valence-electron chi connectivity index (χ4n) is 5.43. The van der Waals surface area contributed by atoms with E-state index in [1.807, 2.05) is 24.3 Å². The lowest BCUT2D eigenvalue weighted by molar-refractivity contribution is -0.131. The molecule has 0 N–H and O–H groups in total. The molecule has 0 aliphatic heterocycles. The van der Waals surface area contributed by atoms with Crippen LogP contribution in [0, 0.1) is 5.92 Å². The quantitative estimate of drug-likeness (QED) is 0.0965. The van der Waals surface area contributed by atoms with E-state index in [1.54, 1.807) is 19.1 Å². The first-order valence-electron chi connectivity index (χ1n) is 14.8. The molecule has 1 saturated carbocycles. The van der Waals surface area contributed by atoms with E-state index in [0.717, 1.165) is 35.4 Å². The highest BCUT2D eigenvalue weighted by atomic mass is 16.5. The first kappa shape index (κ1) is 31.3. The standard InChI is InChI=1S/C35H46O5/c1-6-7-8-9-10-11-12-27-13-15-29(16-14-27)32-23-30(19-22-33(32)40-34(36)25(2)3)28-17-20-31(21-18-28)39-35(37)26(4)24-38-5/h17-23,27,29H,2,4,6-16,24H2,1,3,5H3. The molecule has 1 aliphatic carbocycles. The Morgan fingerprint density at radius 1 is 0.825 bits per heavy atom. The number of esters is 2. The minimum Gasteiger partial charge on any atom is -0.423 e. The number of hydrogen-bond donors (Lipinski definition) is 0. The Bertz CT molecular complexity index is 1140. The van der Waals surface area contributed by atoms with Gasteiger partial charge in [-0.15, -0.1) is 0 Å². The number of hydrogen-bond acceptors (Lipinski definition) is 5. The zero-order valence-corrected chi connectivity index (χ0v) is 24.6. The maximum Gasteiger partial charge on any atom is 0.341 e. The van der Waals surface area contributed by atoms with Crippen LogP contribution in [0.25, 0.3) is 11.1 Å². The van der Waals surface area contributed by atoms with Crippen LogP contribution in [0.4, 0.5) is 0 Å². The average Bonchev–Trinajstić information content (AvgIpc) is 2.96. The molecule has 5 nitrogen and oxygen atoms in total. The van der Waals surface area contributed by atoms with Crippen LogP contribution in [0.5, 0.6) is 11.5 Å². The Kier molecular flexibility index (Phi) is 12.7. The summed E-state index contributed by atoms with van der Waals surface area (Å²) in [5.41, 5.74) is 3.75. The molecule has 0 heterocycles. The summed E-state index contributed by atoms with van der Waals surface area (Å²) in [6.45, 7) is 11.5. The first-order valence-corrected chi connectivity index (χ1v) is 14.8. The van der Waals surface area contributed by atoms with Crippen LogP contribution in [0.15, 0.2) is 66.8 Å². The van der Waals surface area contributed by atoms with Crippen LogP contribution in [0.1, 0.15) is 96.0 Å². The second-order valence-corrected chi connectivity index (χ2v) is 11.1. The predicted octanol–water partition coefficient (Wildman–Crippen LogP) is 8.97. The summed E-state index contributed by atoms with van der Waals surface area (Å²) >= 11 is 0. The lowest BCUT2D eigenvalue weighted by Gasteiger charge is -2.30. The number of carbonyl (C=O) groups is 2. The van der Waals surface area contributed by atoms with E-state index in [4.69, 9.17) is 14.2 Å². The number of benzene rings is 2. The second-order valence-electron chi connectivity index (χ2n) is 11.1. The lowest BCUT2D eigenvalue weighted by Crippen LogP contribution is -2.16. The van der Waals surface area contributed by atoms with Gasteiger partial charge >= 0.3 is 11.9 Å². The van der Waals surface area contributed by atoms with E-state index >= 15 is 0 Å². The number of ether oxygens (including phenoxy) is 3. The van der Waals surface area contributed by atoms with E-state index in [-0.39, 0.29) is 12.2 Å². The molecule has 0 aromatic heterocycles. The van der Waals surface area contributed by atoms with Gasteiger partial charge in [0.1, 0.15) is 11.5 Å². The van der Waals surface area contributed by atoms with Crippen molar-refractivity contribution in [1.29, 1.82) is 0 Å². The van der Waals surface area contributed by atoms with Crippen LogP contribution < -0.4 is 9.47 Å². The van der Waals surface area contributed by atoms with Crippen LogP contribution in [0.2, 0.25) is 0 Å². The first-order chi connectivity index (χ1) is 19.3. The zero-order chi connectivity index (χ0) is 28.9. The SMILES string of the molecule is C=C(C)C(=O)Oc1ccc(-c2ccc(OC(=O)C(=C)COC)cc2)cc1C1CCC(CCCCCCCC)CC1. The lowest BCUT2D eigenvalue weighted by atomic mass is 9.76. The van der Waals surface area contributed by atoms with Crippen LogP contribution in [-0.2, 0) is 14.3 Å². The van der Waals surface area contributed by atoms with Gasteiger partial charge in [-0.2, -0.15) is 0 Å². The molecule has 40 heavy (non-hydrogen) atoms. The minimum atomic E-state index is -0.507. The van der Waals surface area contributed by atoms with Crippen molar-refractivity contribution >= 4 is 11.9 Å². The van der Waals surface area contributed by atoms with Gasteiger partial charge in [-0.1, -0.05) is 83.2 Å². The molecule has 3 rings (SSSR count). The highest BCUT2D eigenvalue weighted by molar-refractivity contribution is 5.90. The van der Waals surface area contributed by atoms with E-state index in [9.17, 15) is 9.59 Å².